The van der Waals surface area contributed by atoms with E-state index in [1.807, 2.05) is 54.8 Å². The lowest BCUT2D eigenvalue weighted by Gasteiger charge is -2.11. The van der Waals surface area contributed by atoms with Gasteiger partial charge in [-0.25, -0.2) is 0 Å². The van der Waals surface area contributed by atoms with Crippen molar-refractivity contribution in [2.75, 3.05) is 6.79 Å². The van der Waals surface area contributed by atoms with Gasteiger partial charge in [0.1, 0.15) is 5.70 Å². The second-order valence-electron chi connectivity index (χ2n) is 6.76. The molecule has 0 saturated carbocycles. The van der Waals surface area contributed by atoms with Gasteiger partial charge >= 0.3 is 0 Å². The van der Waals surface area contributed by atoms with Crippen LogP contribution in [0, 0.1) is 6.92 Å². The molecule has 0 aliphatic carbocycles. The van der Waals surface area contributed by atoms with Crippen LogP contribution in [0.4, 0.5) is 0 Å². The van der Waals surface area contributed by atoms with Crippen LogP contribution in [-0.2, 0) is 11.3 Å². The Balaban J connectivity index is 1.48. The number of hydrogen-bond acceptors (Lipinski definition) is 5. The van der Waals surface area contributed by atoms with E-state index in [9.17, 15) is 9.59 Å². The lowest BCUT2D eigenvalue weighted by molar-refractivity contribution is -0.117. The van der Waals surface area contributed by atoms with Crippen molar-refractivity contribution in [2.24, 2.45) is 0 Å². The Morgan fingerprint density at radius 3 is 2.63 bits per heavy atom. The summed E-state index contributed by atoms with van der Waals surface area (Å²) in [5.74, 6) is 0.634. The van der Waals surface area contributed by atoms with Crippen LogP contribution in [0.25, 0.3) is 6.08 Å². The second-order valence-corrected chi connectivity index (χ2v) is 7.74. The zero-order chi connectivity index (χ0) is 20.9. The Bertz CT molecular complexity index is 1090. The number of rotatable bonds is 6. The van der Waals surface area contributed by atoms with Crippen LogP contribution >= 0.6 is 11.3 Å². The van der Waals surface area contributed by atoms with Gasteiger partial charge in [0.15, 0.2) is 11.5 Å². The highest BCUT2D eigenvalue weighted by molar-refractivity contribution is 7.10. The number of aryl methyl sites for hydroxylation is 1. The Hall–Kier alpha value is -3.58. The van der Waals surface area contributed by atoms with Crippen molar-refractivity contribution in [3.8, 4) is 11.5 Å². The Kier molecular flexibility index (Phi) is 5.81. The summed E-state index contributed by atoms with van der Waals surface area (Å²) in [7, 11) is 0. The fourth-order valence-electron chi connectivity index (χ4n) is 2.90. The summed E-state index contributed by atoms with van der Waals surface area (Å²) in [6.45, 7) is 2.44. The minimum Gasteiger partial charge on any atom is -0.454 e. The van der Waals surface area contributed by atoms with E-state index >= 15 is 0 Å². The molecule has 0 atom stereocenters. The van der Waals surface area contributed by atoms with E-state index in [1.165, 1.54) is 11.3 Å². The molecule has 0 unspecified atom stereocenters. The van der Waals surface area contributed by atoms with Gasteiger partial charge in [-0.05, 0) is 54.3 Å². The first-order chi connectivity index (χ1) is 14.6. The molecule has 2 heterocycles. The molecule has 1 aliphatic rings. The van der Waals surface area contributed by atoms with Crippen molar-refractivity contribution in [1.82, 2.24) is 10.6 Å². The molecule has 0 spiro atoms. The predicted molar refractivity (Wildman–Crippen MR) is 115 cm³/mol. The fourth-order valence-corrected chi connectivity index (χ4v) is 3.56. The van der Waals surface area contributed by atoms with E-state index in [2.05, 4.69) is 10.6 Å². The third kappa shape index (κ3) is 4.69. The number of thiophene rings is 1. The summed E-state index contributed by atoms with van der Waals surface area (Å²) in [4.78, 5) is 26.4. The third-order valence-corrected chi connectivity index (χ3v) is 5.35. The predicted octanol–water partition coefficient (Wildman–Crippen LogP) is 3.87. The molecule has 0 bridgehead atoms. The standard InChI is InChI=1S/C23H20N2O4S/c1-15-4-7-17(8-5-15)22(26)25-19(12-18-3-2-10-30-18)23(27)24-13-16-6-9-20-21(11-16)29-14-28-20/h2-12H,13-14H2,1H3,(H,24,27)(H,25,26)/b19-12-. The first-order valence-electron chi connectivity index (χ1n) is 9.38. The zero-order valence-electron chi connectivity index (χ0n) is 16.3. The number of carbonyl (C=O) groups is 2. The van der Waals surface area contributed by atoms with E-state index in [0.717, 1.165) is 16.0 Å². The average molecular weight is 420 g/mol. The van der Waals surface area contributed by atoms with Gasteiger partial charge in [0.25, 0.3) is 11.8 Å². The number of carbonyl (C=O) groups excluding carboxylic acids is 2. The zero-order valence-corrected chi connectivity index (χ0v) is 17.1. The normalized spacial score (nSPS) is 12.5. The lowest BCUT2D eigenvalue weighted by Crippen LogP contribution is -2.34. The molecular weight excluding hydrogens is 400 g/mol. The largest absolute Gasteiger partial charge is 0.454 e. The number of fused-ring (bicyclic) bond motifs is 1. The molecule has 1 aliphatic heterocycles. The van der Waals surface area contributed by atoms with Crippen molar-refractivity contribution in [3.05, 3.63) is 87.2 Å². The lowest BCUT2D eigenvalue weighted by atomic mass is 10.1. The molecule has 6 nitrogen and oxygen atoms in total. The van der Waals surface area contributed by atoms with Gasteiger partial charge in [0, 0.05) is 17.0 Å². The maximum absolute atomic E-state index is 12.9. The van der Waals surface area contributed by atoms with Crippen molar-refractivity contribution < 1.29 is 19.1 Å². The summed E-state index contributed by atoms with van der Waals surface area (Å²) >= 11 is 1.48. The first kappa shape index (κ1) is 19.7. The first-order valence-corrected chi connectivity index (χ1v) is 10.3. The van der Waals surface area contributed by atoms with E-state index in [4.69, 9.17) is 9.47 Å². The topological polar surface area (TPSA) is 76.7 Å². The summed E-state index contributed by atoms with van der Waals surface area (Å²) in [6.07, 6.45) is 1.67. The number of nitrogens with one attached hydrogen (secondary N) is 2. The Labute approximate surface area is 178 Å². The molecule has 0 radical (unpaired) electrons. The van der Waals surface area contributed by atoms with Crippen molar-refractivity contribution in [3.63, 3.8) is 0 Å². The van der Waals surface area contributed by atoms with Gasteiger partial charge in [-0.15, -0.1) is 11.3 Å². The maximum atomic E-state index is 12.9. The van der Waals surface area contributed by atoms with Crippen molar-refractivity contribution in [2.45, 2.75) is 13.5 Å². The monoisotopic (exact) mass is 420 g/mol. The van der Waals surface area contributed by atoms with Gasteiger partial charge in [-0.3, -0.25) is 9.59 Å². The van der Waals surface area contributed by atoms with Gasteiger partial charge in [-0.1, -0.05) is 29.8 Å². The molecule has 30 heavy (non-hydrogen) atoms. The number of ether oxygens (including phenoxy) is 2. The number of benzene rings is 2. The summed E-state index contributed by atoms with van der Waals surface area (Å²) < 4.78 is 10.7. The molecule has 3 aromatic rings. The van der Waals surface area contributed by atoms with Crippen LogP contribution < -0.4 is 20.1 Å². The minimum absolute atomic E-state index is 0.184. The van der Waals surface area contributed by atoms with Gasteiger partial charge < -0.3 is 20.1 Å². The highest BCUT2D eigenvalue weighted by atomic mass is 32.1. The van der Waals surface area contributed by atoms with Crippen LogP contribution in [-0.4, -0.2) is 18.6 Å². The van der Waals surface area contributed by atoms with Crippen molar-refractivity contribution >= 4 is 29.2 Å². The smallest absolute Gasteiger partial charge is 0.268 e. The van der Waals surface area contributed by atoms with Crippen LogP contribution in [0.15, 0.2) is 65.7 Å². The van der Waals surface area contributed by atoms with Crippen LogP contribution in [0.2, 0.25) is 0 Å². The van der Waals surface area contributed by atoms with E-state index < -0.39 is 0 Å². The molecular formula is C23H20N2O4S. The highest BCUT2D eigenvalue weighted by Crippen LogP contribution is 2.32. The summed E-state index contributed by atoms with van der Waals surface area (Å²) in [5, 5.41) is 7.51. The number of amides is 2. The van der Waals surface area contributed by atoms with Crippen LogP contribution in [0.1, 0.15) is 26.4 Å². The minimum atomic E-state index is -0.374. The summed E-state index contributed by atoms with van der Waals surface area (Å²) in [5.41, 5.74) is 2.60. The molecule has 4 rings (SSSR count). The van der Waals surface area contributed by atoms with Gasteiger partial charge in [0.2, 0.25) is 6.79 Å². The Morgan fingerprint density at radius 2 is 1.87 bits per heavy atom. The fraction of sp³-hybridized carbons (Fsp3) is 0.130. The molecule has 2 N–H and O–H groups in total. The maximum Gasteiger partial charge on any atom is 0.268 e. The molecule has 0 fully saturated rings. The van der Waals surface area contributed by atoms with Crippen LogP contribution in [0.3, 0.4) is 0 Å². The molecule has 1 aromatic heterocycles. The van der Waals surface area contributed by atoms with E-state index in [-0.39, 0.29) is 30.8 Å². The third-order valence-electron chi connectivity index (χ3n) is 4.53. The number of hydrogen-bond donors (Lipinski definition) is 2. The molecule has 0 saturated heterocycles. The Morgan fingerprint density at radius 1 is 1.07 bits per heavy atom. The highest BCUT2D eigenvalue weighted by Gasteiger charge is 2.16. The van der Waals surface area contributed by atoms with Crippen molar-refractivity contribution in [1.29, 1.82) is 0 Å². The van der Waals surface area contributed by atoms with Crippen LogP contribution in [0.5, 0.6) is 11.5 Å². The quantitative estimate of drug-likeness (QED) is 0.594. The SMILES string of the molecule is Cc1ccc(C(=O)N/C(=C\c2cccs2)C(=O)NCc2ccc3c(c2)OCO3)cc1. The summed E-state index contributed by atoms with van der Waals surface area (Å²) in [6, 6.07) is 16.5. The van der Waals surface area contributed by atoms with Gasteiger partial charge in [0.05, 0.1) is 0 Å². The molecule has 2 aromatic carbocycles. The second kappa shape index (κ2) is 8.84. The molecule has 152 valence electrons. The van der Waals surface area contributed by atoms with Gasteiger partial charge in [-0.2, -0.15) is 0 Å². The molecule has 2 amide bonds. The van der Waals surface area contributed by atoms with E-state index in [0.29, 0.717) is 17.1 Å². The average Bonchev–Trinajstić information content (AvgIpc) is 3.43. The molecule has 7 heteroatoms. The van der Waals surface area contributed by atoms with E-state index in [1.54, 1.807) is 18.2 Å².